The van der Waals surface area contributed by atoms with Crippen molar-refractivity contribution < 1.29 is 28.5 Å². The summed E-state index contributed by atoms with van der Waals surface area (Å²) in [4.78, 5) is 37.9. The van der Waals surface area contributed by atoms with Gasteiger partial charge in [0.1, 0.15) is 0 Å². The molecule has 0 fully saturated rings. The molecule has 1 aliphatic carbocycles. The molecule has 3 aliphatic rings. The topological polar surface area (TPSA) is 105 Å². The molecule has 1 aromatic carbocycles. The zero-order chi connectivity index (χ0) is 23.4. The van der Waals surface area contributed by atoms with Crippen molar-refractivity contribution in [1.29, 1.82) is 0 Å². The number of ether oxygens (including phenoxy) is 4. The molecule has 2 aliphatic heterocycles. The summed E-state index contributed by atoms with van der Waals surface area (Å²) in [6.45, 7) is 1.19. The number of pyridine rings is 1. The Morgan fingerprint density at radius 3 is 2.65 bits per heavy atom. The molecule has 10 heteroatoms. The molecule has 0 saturated carbocycles. The number of nitrogens with zero attached hydrogens (tertiary/aromatic N) is 4. The van der Waals surface area contributed by atoms with E-state index in [0.717, 1.165) is 0 Å². The summed E-state index contributed by atoms with van der Waals surface area (Å²) in [6.07, 6.45) is 6.02. The Morgan fingerprint density at radius 1 is 1.06 bits per heavy atom. The molecule has 0 bridgehead atoms. The van der Waals surface area contributed by atoms with Gasteiger partial charge in [0.2, 0.25) is 6.79 Å². The van der Waals surface area contributed by atoms with Gasteiger partial charge in [0.15, 0.2) is 23.0 Å². The van der Waals surface area contributed by atoms with Gasteiger partial charge in [0.05, 0.1) is 38.2 Å². The Balaban J connectivity index is 1.46. The number of amides is 1. The van der Waals surface area contributed by atoms with Gasteiger partial charge in [-0.15, -0.1) is 0 Å². The molecule has 4 heterocycles. The van der Waals surface area contributed by atoms with Gasteiger partial charge in [0.25, 0.3) is 11.8 Å². The number of hydrogen-bond donors (Lipinski definition) is 0. The van der Waals surface area contributed by atoms with Crippen LogP contribution in [0.15, 0.2) is 36.9 Å². The number of fused-ring (bicyclic) bond motifs is 6. The molecule has 6 rings (SSSR count). The second kappa shape index (κ2) is 7.75. The fraction of sp³-hybridized carbons (Fsp3) is 0.333. The number of aromatic nitrogens is 3. The van der Waals surface area contributed by atoms with Crippen molar-refractivity contribution >= 4 is 11.7 Å². The summed E-state index contributed by atoms with van der Waals surface area (Å²) >= 11 is 0. The third-order valence-electron chi connectivity index (χ3n) is 6.63. The van der Waals surface area contributed by atoms with Crippen LogP contribution in [0.1, 0.15) is 50.4 Å². The van der Waals surface area contributed by atoms with E-state index in [4.69, 9.17) is 18.9 Å². The van der Waals surface area contributed by atoms with E-state index in [0.29, 0.717) is 65.0 Å². The smallest absolute Gasteiger partial charge is 0.260 e. The van der Waals surface area contributed by atoms with Crippen LogP contribution in [-0.4, -0.2) is 58.7 Å². The molecule has 2 aromatic heterocycles. The predicted molar refractivity (Wildman–Crippen MR) is 118 cm³/mol. The van der Waals surface area contributed by atoms with Crippen LogP contribution in [-0.2, 0) is 6.54 Å². The fourth-order valence-corrected chi connectivity index (χ4v) is 5.08. The summed E-state index contributed by atoms with van der Waals surface area (Å²) < 4.78 is 23.8. The van der Waals surface area contributed by atoms with E-state index < -0.39 is 12.0 Å². The van der Waals surface area contributed by atoms with Gasteiger partial charge in [-0.2, -0.15) is 0 Å². The van der Waals surface area contributed by atoms with Crippen LogP contribution in [0.3, 0.4) is 0 Å². The second-order valence-electron chi connectivity index (χ2n) is 8.36. The number of rotatable bonds is 6. The fourth-order valence-electron chi connectivity index (χ4n) is 5.08. The molecular formula is C24H22N4O6. The minimum atomic E-state index is -0.606. The number of Topliss-reactive ketones (excluding diaryl/α,β-unsaturated/α-hetero) is 1. The molecule has 0 saturated heterocycles. The second-order valence-corrected chi connectivity index (χ2v) is 8.36. The summed E-state index contributed by atoms with van der Waals surface area (Å²) in [5, 5.41) is 0. The minimum absolute atomic E-state index is 0.0564. The number of ketones is 1. The van der Waals surface area contributed by atoms with Gasteiger partial charge in [-0.1, -0.05) is 0 Å². The highest BCUT2D eigenvalue weighted by molar-refractivity contribution is 6.11. The molecule has 2 unspecified atom stereocenters. The lowest BCUT2D eigenvalue weighted by atomic mass is 9.83. The number of imidazole rings is 1. The molecule has 3 aromatic rings. The third-order valence-corrected chi connectivity index (χ3v) is 6.63. The first-order chi connectivity index (χ1) is 16.6. The van der Waals surface area contributed by atoms with E-state index in [1.54, 1.807) is 35.6 Å². The van der Waals surface area contributed by atoms with Gasteiger partial charge in [-0.3, -0.25) is 9.59 Å². The Hall–Kier alpha value is -4.08. The van der Waals surface area contributed by atoms with Gasteiger partial charge >= 0.3 is 0 Å². The van der Waals surface area contributed by atoms with Crippen molar-refractivity contribution in [3.05, 3.63) is 59.3 Å². The number of carbonyl (C=O) groups excluding carboxylic acids is 2. The van der Waals surface area contributed by atoms with E-state index in [1.165, 1.54) is 14.2 Å². The summed E-state index contributed by atoms with van der Waals surface area (Å²) in [7, 11) is 3.05. The molecule has 0 spiro atoms. The SMILES string of the molecule is COc1cc2c(cc1OC)C1C(=O)c3cc4c(nc3C1N(CCCn1ccnc1)C2=O)OCO4. The largest absolute Gasteiger partial charge is 0.493 e. The van der Waals surface area contributed by atoms with Crippen LogP contribution in [0.2, 0.25) is 0 Å². The molecule has 0 radical (unpaired) electrons. The normalized spacial score (nSPS) is 19.6. The lowest BCUT2D eigenvalue weighted by molar-refractivity contribution is 0.0596. The lowest BCUT2D eigenvalue weighted by Crippen LogP contribution is -2.43. The van der Waals surface area contributed by atoms with E-state index in [9.17, 15) is 9.59 Å². The number of benzene rings is 1. The average Bonchev–Trinajstić information content (AvgIpc) is 3.59. The molecule has 10 nitrogen and oxygen atoms in total. The van der Waals surface area contributed by atoms with Gasteiger partial charge in [0, 0.05) is 36.6 Å². The van der Waals surface area contributed by atoms with Crippen molar-refractivity contribution in [1.82, 2.24) is 19.4 Å². The molecular weight excluding hydrogens is 440 g/mol. The Morgan fingerprint density at radius 2 is 1.88 bits per heavy atom. The average molecular weight is 462 g/mol. The van der Waals surface area contributed by atoms with E-state index in [1.807, 2.05) is 10.8 Å². The Kier molecular flexibility index (Phi) is 4.68. The van der Waals surface area contributed by atoms with Crippen molar-refractivity contribution in [2.24, 2.45) is 0 Å². The van der Waals surface area contributed by atoms with Crippen molar-refractivity contribution in [3.8, 4) is 23.1 Å². The van der Waals surface area contributed by atoms with Crippen molar-refractivity contribution in [2.75, 3.05) is 27.6 Å². The highest BCUT2D eigenvalue weighted by Gasteiger charge is 2.52. The maximum atomic E-state index is 13.8. The summed E-state index contributed by atoms with van der Waals surface area (Å²) in [5.41, 5.74) is 2.04. The number of aryl methyl sites for hydroxylation is 1. The van der Waals surface area contributed by atoms with Crippen molar-refractivity contribution in [2.45, 2.75) is 24.9 Å². The molecule has 34 heavy (non-hydrogen) atoms. The van der Waals surface area contributed by atoms with Crippen LogP contribution >= 0.6 is 0 Å². The van der Waals surface area contributed by atoms with Crippen LogP contribution < -0.4 is 18.9 Å². The lowest BCUT2D eigenvalue weighted by Gasteiger charge is -2.38. The summed E-state index contributed by atoms with van der Waals surface area (Å²) in [5.74, 6) is 0.799. The summed E-state index contributed by atoms with van der Waals surface area (Å²) in [6, 6.07) is 4.53. The van der Waals surface area contributed by atoms with Crippen LogP contribution in [0, 0.1) is 0 Å². The van der Waals surface area contributed by atoms with Gasteiger partial charge in [-0.05, 0) is 30.2 Å². The van der Waals surface area contributed by atoms with Gasteiger partial charge < -0.3 is 28.4 Å². The molecule has 2 atom stereocenters. The highest BCUT2D eigenvalue weighted by Crippen LogP contribution is 2.53. The number of carbonyl (C=O) groups is 2. The molecule has 1 amide bonds. The Bertz CT molecular complexity index is 1310. The van der Waals surface area contributed by atoms with Gasteiger partial charge in [-0.25, -0.2) is 9.97 Å². The highest BCUT2D eigenvalue weighted by atomic mass is 16.7. The van der Waals surface area contributed by atoms with E-state index in [2.05, 4.69) is 9.97 Å². The first-order valence-electron chi connectivity index (χ1n) is 11.0. The van der Waals surface area contributed by atoms with Crippen LogP contribution in [0.25, 0.3) is 0 Å². The first-order valence-corrected chi connectivity index (χ1v) is 11.0. The van der Waals surface area contributed by atoms with Crippen LogP contribution in [0.4, 0.5) is 0 Å². The zero-order valence-electron chi connectivity index (χ0n) is 18.7. The Labute approximate surface area is 195 Å². The first kappa shape index (κ1) is 20.5. The maximum absolute atomic E-state index is 13.8. The van der Waals surface area contributed by atoms with E-state index in [-0.39, 0.29) is 18.5 Å². The monoisotopic (exact) mass is 462 g/mol. The molecule has 0 N–H and O–H groups in total. The van der Waals surface area contributed by atoms with Crippen molar-refractivity contribution in [3.63, 3.8) is 0 Å². The quantitative estimate of drug-likeness (QED) is 0.551. The minimum Gasteiger partial charge on any atom is -0.493 e. The number of hydrogen-bond acceptors (Lipinski definition) is 8. The van der Waals surface area contributed by atoms with E-state index >= 15 is 0 Å². The third kappa shape index (κ3) is 2.94. The number of methoxy groups -OCH3 is 2. The van der Waals surface area contributed by atoms with Crippen LogP contribution in [0.5, 0.6) is 23.1 Å². The zero-order valence-corrected chi connectivity index (χ0v) is 18.7. The standard InChI is InChI=1S/C24H22N4O6/c1-31-16-8-13-14(9-17(16)32-2)24(30)28(6-3-5-27-7-4-25-11-27)21-19(13)22(29)15-10-18-23(26-20(15)21)34-12-33-18/h4,7-11,19,21H,3,5-6,12H2,1-2H3. The predicted octanol–water partition coefficient (Wildman–Crippen LogP) is 2.59. The maximum Gasteiger partial charge on any atom is 0.260 e. The molecule has 174 valence electrons.